The maximum atomic E-state index is 5.99. The largest absolute Gasteiger partial charge is 0.490 e. The van der Waals surface area contributed by atoms with Crippen LogP contribution in [0.4, 0.5) is 0 Å². The molecule has 0 saturated heterocycles. The minimum atomic E-state index is 0.368. The predicted molar refractivity (Wildman–Crippen MR) is 66.7 cm³/mol. The van der Waals surface area contributed by atoms with Crippen molar-refractivity contribution in [2.24, 2.45) is 5.73 Å². The lowest BCUT2D eigenvalue weighted by atomic mass is 9.94. The Labute approximate surface area is 97.8 Å². The molecule has 0 aliphatic heterocycles. The molecule has 1 aliphatic carbocycles. The molecule has 1 aromatic carbocycles. The van der Waals surface area contributed by atoms with E-state index in [9.17, 15) is 0 Å². The average molecular weight is 219 g/mol. The van der Waals surface area contributed by atoms with E-state index in [0.717, 1.165) is 37.9 Å². The summed E-state index contributed by atoms with van der Waals surface area (Å²) in [5, 5.41) is 0. The van der Waals surface area contributed by atoms with Crippen molar-refractivity contribution in [3.8, 4) is 5.75 Å². The predicted octanol–water partition coefficient (Wildman–Crippen LogP) is 2.90. The number of benzene rings is 1. The number of nitrogens with two attached hydrogens (primary N) is 1. The third-order valence-corrected chi connectivity index (χ3v) is 3.33. The van der Waals surface area contributed by atoms with Crippen LogP contribution in [0.1, 0.15) is 38.2 Å². The van der Waals surface area contributed by atoms with Gasteiger partial charge in [0.1, 0.15) is 5.75 Å². The third kappa shape index (κ3) is 2.99. The monoisotopic (exact) mass is 219 g/mol. The third-order valence-electron chi connectivity index (χ3n) is 3.33. The second-order valence-corrected chi connectivity index (χ2v) is 4.66. The SMILES string of the molecule is CCc1cccc(OC2CCC(N)CC2)c1. The van der Waals surface area contributed by atoms with Crippen molar-refractivity contribution < 1.29 is 4.74 Å². The molecule has 0 radical (unpaired) electrons. The van der Waals surface area contributed by atoms with Gasteiger partial charge in [-0.1, -0.05) is 19.1 Å². The first-order chi connectivity index (χ1) is 7.78. The lowest BCUT2D eigenvalue weighted by Crippen LogP contribution is -2.31. The Morgan fingerprint density at radius 1 is 1.25 bits per heavy atom. The van der Waals surface area contributed by atoms with Crippen LogP contribution in [-0.4, -0.2) is 12.1 Å². The topological polar surface area (TPSA) is 35.2 Å². The Balaban J connectivity index is 1.93. The Bertz CT molecular complexity index is 329. The molecule has 2 heteroatoms. The summed E-state index contributed by atoms with van der Waals surface area (Å²) >= 11 is 0. The van der Waals surface area contributed by atoms with Gasteiger partial charge in [-0.2, -0.15) is 0 Å². The van der Waals surface area contributed by atoms with E-state index in [1.807, 2.05) is 6.07 Å². The zero-order valence-electron chi connectivity index (χ0n) is 9.99. The van der Waals surface area contributed by atoms with Gasteiger partial charge in [-0.25, -0.2) is 0 Å². The van der Waals surface area contributed by atoms with E-state index in [4.69, 9.17) is 10.5 Å². The number of aryl methyl sites for hydroxylation is 1. The second-order valence-electron chi connectivity index (χ2n) is 4.66. The number of rotatable bonds is 3. The van der Waals surface area contributed by atoms with Gasteiger partial charge in [0, 0.05) is 6.04 Å². The van der Waals surface area contributed by atoms with Crippen LogP contribution < -0.4 is 10.5 Å². The van der Waals surface area contributed by atoms with Crippen molar-refractivity contribution in [3.63, 3.8) is 0 Å². The molecule has 0 bridgehead atoms. The fraction of sp³-hybridized carbons (Fsp3) is 0.571. The van der Waals surface area contributed by atoms with E-state index in [-0.39, 0.29) is 0 Å². The Kier molecular flexibility index (Phi) is 3.83. The second kappa shape index (κ2) is 5.35. The quantitative estimate of drug-likeness (QED) is 0.848. The number of hydrogen-bond donors (Lipinski definition) is 1. The summed E-state index contributed by atoms with van der Waals surface area (Å²) in [6, 6.07) is 8.80. The summed E-state index contributed by atoms with van der Waals surface area (Å²) in [5.74, 6) is 1.01. The van der Waals surface area contributed by atoms with Crippen LogP contribution in [0.3, 0.4) is 0 Å². The fourth-order valence-electron chi connectivity index (χ4n) is 2.24. The lowest BCUT2D eigenvalue weighted by molar-refractivity contribution is 0.147. The molecular weight excluding hydrogens is 198 g/mol. The van der Waals surface area contributed by atoms with E-state index in [2.05, 4.69) is 25.1 Å². The van der Waals surface area contributed by atoms with Crippen molar-refractivity contribution in [1.82, 2.24) is 0 Å². The van der Waals surface area contributed by atoms with E-state index < -0.39 is 0 Å². The first-order valence-electron chi connectivity index (χ1n) is 6.29. The molecule has 0 spiro atoms. The molecule has 0 unspecified atom stereocenters. The van der Waals surface area contributed by atoms with E-state index in [0.29, 0.717) is 12.1 Å². The highest BCUT2D eigenvalue weighted by Gasteiger charge is 2.19. The summed E-state index contributed by atoms with van der Waals surface area (Å²) < 4.78 is 5.99. The Hall–Kier alpha value is -1.02. The minimum Gasteiger partial charge on any atom is -0.490 e. The van der Waals surface area contributed by atoms with Gasteiger partial charge >= 0.3 is 0 Å². The van der Waals surface area contributed by atoms with Crippen LogP contribution in [0.15, 0.2) is 24.3 Å². The average Bonchev–Trinajstić information content (AvgIpc) is 2.32. The molecule has 2 rings (SSSR count). The number of ether oxygens (including phenoxy) is 1. The highest BCUT2D eigenvalue weighted by Crippen LogP contribution is 2.23. The van der Waals surface area contributed by atoms with Crippen molar-refractivity contribution in [3.05, 3.63) is 29.8 Å². The molecule has 88 valence electrons. The van der Waals surface area contributed by atoms with Gasteiger partial charge in [0.05, 0.1) is 6.10 Å². The first-order valence-corrected chi connectivity index (χ1v) is 6.29. The van der Waals surface area contributed by atoms with E-state index in [1.165, 1.54) is 5.56 Å². The molecule has 0 amide bonds. The van der Waals surface area contributed by atoms with Crippen LogP contribution in [-0.2, 0) is 6.42 Å². The summed E-state index contributed by atoms with van der Waals surface area (Å²) in [5.41, 5.74) is 7.22. The number of hydrogen-bond acceptors (Lipinski definition) is 2. The summed E-state index contributed by atoms with van der Waals surface area (Å²) in [4.78, 5) is 0. The van der Waals surface area contributed by atoms with Gasteiger partial charge in [-0.3, -0.25) is 0 Å². The van der Waals surface area contributed by atoms with Gasteiger partial charge in [0.25, 0.3) is 0 Å². The minimum absolute atomic E-state index is 0.368. The maximum absolute atomic E-state index is 5.99. The highest BCUT2D eigenvalue weighted by molar-refractivity contribution is 5.28. The highest BCUT2D eigenvalue weighted by atomic mass is 16.5. The first kappa shape index (κ1) is 11.5. The molecule has 16 heavy (non-hydrogen) atoms. The van der Waals surface area contributed by atoms with Crippen molar-refractivity contribution in [2.75, 3.05) is 0 Å². The molecular formula is C14H21NO. The maximum Gasteiger partial charge on any atom is 0.119 e. The smallest absolute Gasteiger partial charge is 0.119 e. The van der Waals surface area contributed by atoms with Crippen molar-refractivity contribution in [2.45, 2.75) is 51.2 Å². The molecule has 2 nitrogen and oxygen atoms in total. The molecule has 2 N–H and O–H groups in total. The van der Waals surface area contributed by atoms with Crippen molar-refractivity contribution in [1.29, 1.82) is 0 Å². The van der Waals surface area contributed by atoms with Crippen LogP contribution in [0, 0.1) is 0 Å². The van der Waals surface area contributed by atoms with E-state index in [1.54, 1.807) is 0 Å². The zero-order chi connectivity index (χ0) is 11.4. The lowest BCUT2D eigenvalue weighted by Gasteiger charge is -2.26. The summed E-state index contributed by atoms with van der Waals surface area (Å²) in [6.07, 6.45) is 5.81. The fourth-order valence-corrected chi connectivity index (χ4v) is 2.24. The molecule has 0 atom stereocenters. The standard InChI is InChI=1S/C14H21NO/c1-2-11-4-3-5-14(10-11)16-13-8-6-12(15)7-9-13/h3-5,10,12-13H,2,6-9,15H2,1H3. The summed E-state index contributed by atoms with van der Waals surface area (Å²) in [6.45, 7) is 2.17. The van der Waals surface area contributed by atoms with Gasteiger partial charge < -0.3 is 10.5 Å². The molecule has 1 fully saturated rings. The summed E-state index contributed by atoms with van der Waals surface area (Å²) in [7, 11) is 0. The molecule has 0 aromatic heterocycles. The Morgan fingerprint density at radius 3 is 2.69 bits per heavy atom. The van der Waals surface area contributed by atoms with Crippen molar-refractivity contribution >= 4 is 0 Å². The normalized spacial score (nSPS) is 25.4. The van der Waals surface area contributed by atoms with Gasteiger partial charge in [-0.05, 0) is 49.8 Å². The van der Waals surface area contributed by atoms with Gasteiger partial charge in [-0.15, -0.1) is 0 Å². The van der Waals surface area contributed by atoms with Crippen LogP contribution in [0.25, 0.3) is 0 Å². The molecule has 1 aromatic rings. The molecule has 1 aliphatic rings. The van der Waals surface area contributed by atoms with Crippen LogP contribution in [0.2, 0.25) is 0 Å². The molecule has 0 heterocycles. The van der Waals surface area contributed by atoms with Gasteiger partial charge in [0.15, 0.2) is 0 Å². The van der Waals surface area contributed by atoms with Crippen LogP contribution in [0.5, 0.6) is 5.75 Å². The zero-order valence-corrected chi connectivity index (χ0v) is 9.99. The van der Waals surface area contributed by atoms with Gasteiger partial charge in [0.2, 0.25) is 0 Å². The van der Waals surface area contributed by atoms with E-state index >= 15 is 0 Å². The van der Waals surface area contributed by atoms with Crippen LogP contribution >= 0.6 is 0 Å². The Morgan fingerprint density at radius 2 is 2.00 bits per heavy atom. The molecule has 1 saturated carbocycles.